The van der Waals surface area contributed by atoms with Gasteiger partial charge in [0.15, 0.2) is 5.82 Å². The van der Waals surface area contributed by atoms with Crippen LogP contribution in [0.5, 0.6) is 0 Å². The molecule has 0 aliphatic carbocycles. The number of aromatic nitrogens is 3. The van der Waals surface area contributed by atoms with E-state index in [4.69, 9.17) is 14.7 Å². The van der Waals surface area contributed by atoms with Gasteiger partial charge in [-0.2, -0.15) is 9.97 Å². The minimum Gasteiger partial charge on any atom is -0.378 e. The lowest BCUT2D eigenvalue weighted by molar-refractivity contribution is -0.0746. The number of hydrogen-bond acceptors (Lipinski definition) is 7. The molecule has 10 nitrogen and oxygen atoms in total. The number of piperidine rings is 1. The molecule has 3 aliphatic rings. The Bertz CT molecular complexity index is 1840. The predicted molar refractivity (Wildman–Crippen MR) is 179 cm³/mol. The molecule has 1 N–H and O–H groups in total. The van der Waals surface area contributed by atoms with Gasteiger partial charge in [-0.15, -0.1) is 0 Å². The summed E-state index contributed by atoms with van der Waals surface area (Å²) in [5.74, 6) is -1.35. The van der Waals surface area contributed by atoms with E-state index in [1.165, 1.54) is 4.57 Å². The fraction of sp³-hybridized carbons (Fsp3) is 0.485. The zero-order chi connectivity index (χ0) is 32.8. The Morgan fingerprint density at radius 3 is 2.57 bits per heavy atom. The van der Waals surface area contributed by atoms with Gasteiger partial charge < -0.3 is 9.30 Å². The van der Waals surface area contributed by atoms with Crippen LogP contribution in [0.3, 0.4) is 0 Å². The first kappa shape index (κ1) is 32.4. The quantitative estimate of drug-likeness (QED) is 0.315. The van der Waals surface area contributed by atoms with E-state index in [0.29, 0.717) is 39.5 Å². The molecule has 3 aliphatic heterocycles. The van der Waals surface area contributed by atoms with Crippen molar-refractivity contribution in [2.75, 3.05) is 50.9 Å². The third-order valence-electron chi connectivity index (χ3n) is 9.58. The lowest BCUT2D eigenvalue weighted by Crippen LogP contribution is -2.59. The molecule has 1 atom stereocenters. The lowest BCUT2D eigenvalue weighted by atomic mass is 9.99. The van der Waals surface area contributed by atoms with Crippen LogP contribution < -0.4 is 9.21 Å². The zero-order valence-corrected chi connectivity index (χ0v) is 27.8. The molecule has 246 valence electrons. The minimum atomic E-state index is -3.82. The van der Waals surface area contributed by atoms with Gasteiger partial charge >= 0.3 is 5.95 Å². The molecule has 1 unspecified atom stereocenters. The van der Waals surface area contributed by atoms with Crippen LogP contribution in [0.2, 0.25) is 0 Å². The van der Waals surface area contributed by atoms with Crippen LogP contribution in [0, 0.1) is 17.6 Å². The Labute approximate surface area is 269 Å². The molecule has 0 bridgehead atoms. The van der Waals surface area contributed by atoms with Gasteiger partial charge in [0.1, 0.15) is 17.0 Å². The third-order valence-corrected chi connectivity index (χ3v) is 11.1. The molecule has 0 saturated carbocycles. The Balaban J connectivity index is 1.46. The number of anilines is 1. The molecule has 2 saturated heterocycles. The molecule has 0 radical (unpaired) electrons. The van der Waals surface area contributed by atoms with Crippen molar-refractivity contribution in [3.05, 3.63) is 59.6 Å². The molecule has 1 aromatic carbocycles. The number of allylic oxidation sites excluding steroid dienone is 3. The molecule has 46 heavy (non-hydrogen) atoms. The number of benzene rings is 1. The van der Waals surface area contributed by atoms with Gasteiger partial charge in [-0.25, -0.2) is 17.2 Å². The van der Waals surface area contributed by atoms with Gasteiger partial charge in [-0.3, -0.25) is 19.1 Å². The van der Waals surface area contributed by atoms with E-state index in [2.05, 4.69) is 35.6 Å². The minimum absolute atomic E-state index is 0.114. The van der Waals surface area contributed by atoms with Crippen LogP contribution in [0.15, 0.2) is 47.4 Å². The van der Waals surface area contributed by atoms with Gasteiger partial charge in [0, 0.05) is 61.6 Å². The molecular weight excluding hydrogens is 612 g/mol. The van der Waals surface area contributed by atoms with Crippen LogP contribution in [0.1, 0.15) is 45.6 Å². The first-order valence-corrected chi connectivity index (χ1v) is 17.5. The second-order valence-corrected chi connectivity index (χ2v) is 14.9. The van der Waals surface area contributed by atoms with Crippen molar-refractivity contribution in [3.63, 3.8) is 0 Å². The number of ether oxygens (including phenoxy) is 1. The number of nitrogens with zero attached hydrogens (tertiary/aromatic N) is 6. The van der Waals surface area contributed by atoms with Gasteiger partial charge in [0.25, 0.3) is 0 Å². The highest BCUT2D eigenvalue weighted by molar-refractivity contribution is 7.92. The van der Waals surface area contributed by atoms with E-state index in [1.807, 2.05) is 19.2 Å². The lowest BCUT2D eigenvalue weighted by Gasteiger charge is -2.44. The van der Waals surface area contributed by atoms with Gasteiger partial charge in [0.2, 0.25) is 10.0 Å². The highest BCUT2D eigenvalue weighted by atomic mass is 32.2. The molecule has 2 aromatic heterocycles. The smallest absolute Gasteiger partial charge is 0.329 e. The average Bonchev–Trinajstić information content (AvgIpc) is 3.26. The summed E-state index contributed by atoms with van der Waals surface area (Å²) in [6, 6.07) is 2.95. The van der Waals surface area contributed by atoms with Crippen LogP contribution >= 0.6 is 0 Å². The van der Waals surface area contributed by atoms with E-state index in [9.17, 15) is 8.42 Å². The van der Waals surface area contributed by atoms with E-state index in [-0.39, 0.29) is 23.4 Å². The van der Waals surface area contributed by atoms with Crippen molar-refractivity contribution in [2.45, 2.75) is 52.1 Å². The maximum absolute atomic E-state index is 16.1. The molecule has 2 fully saturated rings. The van der Waals surface area contributed by atoms with E-state index in [1.54, 1.807) is 25.5 Å². The number of hydrogen-bond donors (Lipinski definition) is 1. The first-order chi connectivity index (χ1) is 21.9. The second-order valence-electron chi connectivity index (χ2n) is 13.1. The van der Waals surface area contributed by atoms with Crippen molar-refractivity contribution in [1.29, 1.82) is 0 Å². The number of nitrogens with one attached hydrogen (secondary N) is 1. The van der Waals surface area contributed by atoms with E-state index >= 15 is 8.78 Å². The molecule has 3 aromatic rings. The van der Waals surface area contributed by atoms with Crippen LogP contribution in [-0.4, -0.2) is 92.3 Å². The van der Waals surface area contributed by atoms with Crippen LogP contribution in [0.4, 0.5) is 20.4 Å². The van der Waals surface area contributed by atoms with Crippen molar-refractivity contribution in [1.82, 2.24) is 23.9 Å². The topological polar surface area (TPSA) is 102 Å². The Morgan fingerprint density at radius 1 is 1.15 bits per heavy atom. The summed E-state index contributed by atoms with van der Waals surface area (Å²) in [4.78, 5) is 16.9. The van der Waals surface area contributed by atoms with E-state index in [0.717, 1.165) is 62.4 Å². The second kappa shape index (κ2) is 12.6. The van der Waals surface area contributed by atoms with Gasteiger partial charge in [-0.05, 0) is 25.5 Å². The molecular formula is C33H42F2N7O3S+. The number of halogens is 2. The maximum Gasteiger partial charge on any atom is 0.329 e. The summed E-state index contributed by atoms with van der Waals surface area (Å²) in [6.45, 7) is 9.33. The molecule has 0 spiro atoms. The van der Waals surface area contributed by atoms with Gasteiger partial charge in [-0.1, -0.05) is 25.5 Å². The van der Waals surface area contributed by atoms with Crippen molar-refractivity contribution >= 4 is 44.5 Å². The van der Waals surface area contributed by atoms with Crippen molar-refractivity contribution in [3.8, 4) is 5.69 Å². The Hall–Kier alpha value is -3.52. The average molecular weight is 655 g/mol. The molecule has 13 heteroatoms. The summed E-state index contributed by atoms with van der Waals surface area (Å²) >= 11 is 0. The summed E-state index contributed by atoms with van der Waals surface area (Å²) in [6.07, 6.45) is 11.2. The zero-order valence-electron chi connectivity index (χ0n) is 27.0. The van der Waals surface area contributed by atoms with Gasteiger partial charge in [0.05, 0.1) is 62.5 Å². The van der Waals surface area contributed by atoms with Crippen LogP contribution in [0.25, 0.3) is 22.3 Å². The SMILES string of the molecule is CCCS(=O)(=O)Nc1ccc(F)c(-n2cc(C3=CN=CC(C)C(C)=C3)c3nc([N+](C)(C)C4CCN(C5COC5)CC4)ncc32)c1F. The molecule has 0 amide bonds. The van der Waals surface area contributed by atoms with E-state index < -0.39 is 27.3 Å². The fourth-order valence-corrected chi connectivity index (χ4v) is 7.56. The predicted octanol–water partition coefficient (Wildman–Crippen LogP) is 5.29. The number of fused-ring (bicyclic) bond motifs is 1. The molecule has 6 rings (SSSR count). The fourth-order valence-electron chi connectivity index (χ4n) is 6.43. The molecule has 5 heterocycles. The monoisotopic (exact) mass is 654 g/mol. The highest BCUT2D eigenvalue weighted by Gasteiger charge is 2.39. The number of rotatable bonds is 9. The number of aliphatic imine (C=N–C) groups is 1. The number of quaternary nitrogens is 1. The normalized spacial score (nSPS) is 20.4. The number of sulfonamides is 1. The third kappa shape index (κ3) is 6.13. The summed E-state index contributed by atoms with van der Waals surface area (Å²) in [5.41, 5.74) is 2.62. The maximum atomic E-state index is 16.1. The first-order valence-electron chi connectivity index (χ1n) is 15.8. The summed E-state index contributed by atoms with van der Waals surface area (Å²) < 4.78 is 66.1. The highest BCUT2D eigenvalue weighted by Crippen LogP contribution is 2.36. The van der Waals surface area contributed by atoms with Crippen molar-refractivity contribution in [2.24, 2.45) is 10.9 Å². The largest absolute Gasteiger partial charge is 0.378 e. The number of likely N-dealkylation sites (tertiary alicyclic amines) is 1. The van der Waals surface area contributed by atoms with Crippen LogP contribution in [-0.2, 0) is 14.8 Å². The summed E-state index contributed by atoms with van der Waals surface area (Å²) in [5, 5.41) is 0. The van der Waals surface area contributed by atoms with Crippen molar-refractivity contribution < 1.29 is 21.9 Å². The standard InChI is InChI=1S/C33H42F2N7O3S/c1-6-13-46(43,44)39-28-8-7-27(34)32(30(28)35)41-18-26(23-14-21(2)22(3)15-36-16-23)31-29(41)17-37-33(38-31)42(4,5)25-9-11-40(12-10-25)24-19-45-20-24/h7-8,14-18,22,24-25,39H,6,9-13,19-20H2,1-5H3/q+1. The summed E-state index contributed by atoms with van der Waals surface area (Å²) in [7, 11) is 0.397. The Morgan fingerprint density at radius 2 is 1.89 bits per heavy atom. The Kier molecular flexibility index (Phi) is 8.87.